The Balaban J connectivity index is 1.93. The van der Waals surface area contributed by atoms with Crippen molar-refractivity contribution in [3.05, 3.63) is 12.2 Å². The number of hydrogen-bond donors (Lipinski definition) is 2. The normalized spacial score (nSPS) is 56.5. The molecule has 4 rings (SSSR count). The molecule has 4 aliphatic carbocycles. The number of hydrogen-bond acceptors (Lipinski definition) is 2. The molecule has 0 aliphatic heterocycles. The zero-order chi connectivity index (χ0) is 9.00. The van der Waals surface area contributed by atoms with Crippen molar-refractivity contribution in [2.45, 2.75) is 6.42 Å². The zero-order valence-electron chi connectivity index (χ0n) is 7.63. The van der Waals surface area contributed by atoms with Gasteiger partial charge in [-0.15, -0.1) is 0 Å². The Labute approximate surface area is 78.3 Å². The van der Waals surface area contributed by atoms with E-state index in [4.69, 9.17) is 0 Å². The lowest BCUT2D eigenvalue weighted by Gasteiger charge is -2.43. The standard InChI is InChI=1S/C11H16O2/c12-4-10-6-1-2-7(11(10)5-13)9-3-8(6)9/h1-2,6-13H,3-5H2/t6-,7-,8-,9-,10-,11+/m0/s1. The maximum absolute atomic E-state index is 9.31. The monoisotopic (exact) mass is 180 g/mol. The number of allylic oxidation sites excluding steroid dienone is 2. The van der Waals surface area contributed by atoms with Gasteiger partial charge in [-0.2, -0.15) is 0 Å². The summed E-state index contributed by atoms with van der Waals surface area (Å²) < 4.78 is 0. The van der Waals surface area contributed by atoms with Gasteiger partial charge < -0.3 is 10.2 Å². The smallest absolute Gasteiger partial charge is 0.0468 e. The number of fused-ring (bicyclic) bond motifs is 1. The van der Waals surface area contributed by atoms with Crippen LogP contribution in [0, 0.1) is 35.5 Å². The second-order valence-corrected chi connectivity index (χ2v) is 4.80. The first kappa shape index (κ1) is 8.01. The summed E-state index contributed by atoms with van der Waals surface area (Å²) in [7, 11) is 0. The second kappa shape index (κ2) is 2.58. The summed E-state index contributed by atoms with van der Waals surface area (Å²) >= 11 is 0. The van der Waals surface area contributed by atoms with Crippen LogP contribution in [0.5, 0.6) is 0 Å². The van der Waals surface area contributed by atoms with Crippen molar-refractivity contribution in [1.82, 2.24) is 0 Å². The summed E-state index contributed by atoms with van der Waals surface area (Å²) in [5.74, 6) is 3.49. The van der Waals surface area contributed by atoms with Gasteiger partial charge in [0, 0.05) is 13.2 Å². The molecule has 6 atom stereocenters. The molecule has 0 saturated heterocycles. The highest BCUT2D eigenvalue weighted by Gasteiger charge is 2.58. The third-order valence-corrected chi connectivity index (χ3v) is 4.40. The van der Waals surface area contributed by atoms with Crippen LogP contribution in [0.4, 0.5) is 0 Å². The second-order valence-electron chi connectivity index (χ2n) is 4.80. The fourth-order valence-corrected chi connectivity index (χ4v) is 3.67. The SMILES string of the molecule is OC[C@@H]1[C@H]2C=C[C@H]([C@@H]1CO)[C@@H]1C[C@@H]21. The average molecular weight is 180 g/mol. The molecule has 72 valence electrons. The van der Waals surface area contributed by atoms with Crippen LogP contribution >= 0.6 is 0 Å². The first-order chi connectivity index (χ1) is 6.36. The van der Waals surface area contributed by atoms with Gasteiger partial charge in [-0.3, -0.25) is 0 Å². The van der Waals surface area contributed by atoms with E-state index in [0.717, 1.165) is 11.8 Å². The lowest BCUT2D eigenvalue weighted by Crippen LogP contribution is -2.42. The van der Waals surface area contributed by atoms with Crippen LogP contribution in [0.1, 0.15) is 6.42 Å². The average Bonchev–Trinajstić information content (AvgIpc) is 2.97. The Kier molecular flexibility index (Phi) is 1.59. The molecule has 0 unspecified atom stereocenters. The van der Waals surface area contributed by atoms with Gasteiger partial charge in [0.1, 0.15) is 0 Å². The van der Waals surface area contributed by atoms with Crippen molar-refractivity contribution in [2.24, 2.45) is 35.5 Å². The fourth-order valence-electron chi connectivity index (χ4n) is 3.67. The molecule has 2 bridgehead atoms. The molecule has 0 heterocycles. The molecule has 2 nitrogen and oxygen atoms in total. The summed E-state index contributed by atoms with van der Waals surface area (Å²) in [5, 5.41) is 18.6. The topological polar surface area (TPSA) is 40.5 Å². The Bertz CT molecular complexity index is 224. The molecule has 0 radical (unpaired) electrons. The summed E-state index contributed by atoms with van der Waals surface area (Å²) in [4.78, 5) is 0. The van der Waals surface area contributed by atoms with Gasteiger partial charge in [0.25, 0.3) is 0 Å². The largest absolute Gasteiger partial charge is 0.396 e. The van der Waals surface area contributed by atoms with Crippen molar-refractivity contribution in [3.8, 4) is 0 Å². The molecule has 0 aromatic heterocycles. The number of rotatable bonds is 2. The lowest BCUT2D eigenvalue weighted by atomic mass is 9.63. The van der Waals surface area contributed by atoms with Gasteiger partial charge in [-0.1, -0.05) is 12.2 Å². The molecular weight excluding hydrogens is 164 g/mol. The first-order valence-electron chi connectivity index (χ1n) is 5.27. The van der Waals surface area contributed by atoms with Crippen LogP contribution in [0.3, 0.4) is 0 Å². The Morgan fingerprint density at radius 1 is 0.923 bits per heavy atom. The molecule has 2 N–H and O–H groups in total. The van der Waals surface area contributed by atoms with Gasteiger partial charge >= 0.3 is 0 Å². The molecule has 0 aromatic carbocycles. The summed E-state index contributed by atoms with van der Waals surface area (Å²) in [6, 6.07) is 0. The van der Waals surface area contributed by atoms with E-state index in [1.165, 1.54) is 6.42 Å². The molecule has 0 amide bonds. The fraction of sp³-hybridized carbons (Fsp3) is 0.818. The van der Waals surface area contributed by atoms with Crippen LogP contribution in [0.2, 0.25) is 0 Å². The lowest BCUT2D eigenvalue weighted by molar-refractivity contribution is 0.0207. The van der Waals surface area contributed by atoms with E-state index in [1.807, 2.05) is 0 Å². The van der Waals surface area contributed by atoms with Gasteiger partial charge in [-0.05, 0) is 41.9 Å². The molecule has 4 aliphatic rings. The molecule has 2 fully saturated rings. The van der Waals surface area contributed by atoms with Crippen LogP contribution in [0.25, 0.3) is 0 Å². The summed E-state index contributed by atoms with van der Waals surface area (Å²) in [6.07, 6.45) is 5.90. The predicted octanol–water partition coefficient (Wildman–Crippen LogP) is 0.655. The van der Waals surface area contributed by atoms with E-state index in [-0.39, 0.29) is 13.2 Å². The van der Waals surface area contributed by atoms with Gasteiger partial charge in [0.2, 0.25) is 0 Å². The highest BCUT2D eigenvalue weighted by atomic mass is 16.3. The Morgan fingerprint density at radius 3 is 1.77 bits per heavy atom. The van der Waals surface area contributed by atoms with Crippen molar-refractivity contribution in [2.75, 3.05) is 13.2 Å². The first-order valence-corrected chi connectivity index (χ1v) is 5.27. The zero-order valence-corrected chi connectivity index (χ0v) is 7.63. The van der Waals surface area contributed by atoms with E-state index in [9.17, 15) is 10.2 Å². The van der Waals surface area contributed by atoms with Crippen molar-refractivity contribution < 1.29 is 10.2 Å². The van der Waals surface area contributed by atoms with E-state index in [2.05, 4.69) is 12.2 Å². The van der Waals surface area contributed by atoms with Gasteiger partial charge in [-0.25, -0.2) is 0 Å². The minimum atomic E-state index is 0.250. The van der Waals surface area contributed by atoms with E-state index < -0.39 is 0 Å². The minimum absolute atomic E-state index is 0.250. The minimum Gasteiger partial charge on any atom is -0.396 e. The molecule has 0 spiro atoms. The van der Waals surface area contributed by atoms with Crippen LogP contribution in [-0.4, -0.2) is 23.4 Å². The van der Waals surface area contributed by atoms with E-state index in [0.29, 0.717) is 23.7 Å². The third-order valence-electron chi connectivity index (χ3n) is 4.40. The van der Waals surface area contributed by atoms with Gasteiger partial charge in [0.05, 0.1) is 0 Å². The quantitative estimate of drug-likeness (QED) is 0.613. The van der Waals surface area contributed by atoms with E-state index in [1.54, 1.807) is 0 Å². The Morgan fingerprint density at radius 2 is 1.38 bits per heavy atom. The highest BCUT2D eigenvalue weighted by molar-refractivity contribution is 5.20. The molecule has 13 heavy (non-hydrogen) atoms. The maximum Gasteiger partial charge on any atom is 0.0468 e. The molecule has 0 aromatic rings. The predicted molar refractivity (Wildman–Crippen MR) is 48.9 cm³/mol. The van der Waals surface area contributed by atoms with Gasteiger partial charge in [0.15, 0.2) is 0 Å². The Hall–Kier alpha value is -0.340. The van der Waals surface area contributed by atoms with Crippen molar-refractivity contribution in [3.63, 3.8) is 0 Å². The van der Waals surface area contributed by atoms with Crippen LogP contribution < -0.4 is 0 Å². The summed E-state index contributed by atoms with van der Waals surface area (Å²) in [5.41, 5.74) is 0. The van der Waals surface area contributed by atoms with Crippen LogP contribution in [0.15, 0.2) is 12.2 Å². The maximum atomic E-state index is 9.31. The van der Waals surface area contributed by atoms with Crippen LogP contribution in [-0.2, 0) is 0 Å². The van der Waals surface area contributed by atoms with Crippen molar-refractivity contribution >= 4 is 0 Å². The third kappa shape index (κ3) is 0.906. The molecule has 2 heteroatoms. The summed E-state index contributed by atoms with van der Waals surface area (Å²) in [6.45, 7) is 0.500. The number of aliphatic hydroxyl groups is 2. The molecule has 2 saturated carbocycles. The van der Waals surface area contributed by atoms with E-state index >= 15 is 0 Å². The molecular formula is C11H16O2. The highest BCUT2D eigenvalue weighted by Crippen LogP contribution is 2.63. The number of aliphatic hydroxyl groups excluding tert-OH is 2. The van der Waals surface area contributed by atoms with Crippen molar-refractivity contribution in [1.29, 1.82) is 0 Å².